The third-order valence-corrected chi connectivity index (χ3v) is 7.33. The maximum Gasteiger partial charge on any atom is 0.227 e. The average molecular weight is 509 g/mol. The number of ketones is 2. The van der Waals surface area contributed by atoms with Crippen molar-refractivity contribution in [3.05, 3.63) is 76.0 Å². The Kier molecular flexibility index (Phi) is 6.19. The van der Waals surface area contributed by atoms with Gasteiger partial charge in [-0.05, 0) is 53.8 Å². The van der Waals surface area contributed by atoms with E-state index < -0.39 is 6.04 Å². The highest BCUT2D eigenvalue weighted by molar-refractivity contribution is 7.99. The SMILES string of the molecule is COc1ccc(C(=O)CSc2nc3n(n2)[C@@H](c2ccc(Cl)cc2)C2=C(CC(C)(C)CC2=O)N3)cc1. The smallest absolute Gasteiger partial charge is 0.227 e. The number of methoxy groups -OCH3 is 1. The van der Waals surface area contributed by atoms with Crippen LogP contribution in [0.15, 0.2) is 65.0 Å². The average Bonchev–Trinajstić information content (AvgIpc) is 3.23. The van der Waals surface area contributed by atoms with Crippen molar-refractivity contribution in [2.24, 2.45) is 5.41 Å². The van der Waals surface area contributed by atoms with Crippen molar-refractivity contribution in [2.45, 2.75) is 37.9 Å². The first-order valence-electron chi connectivity index (χ1n) is 11.3. The molecule has 1 aliphatic heterocycles. The van der Waals surface area contributed by atoms with E-state index >= 15 is 0 Å². The number of halogens is 1. The Hall–Kier alpha value is -3.10. The quantitative estimate of drug-likeness (QED) is 0.344. The fourth-order valence-corrected chi connectivity index (χ4v) is 5.44. The van der Waals surface area contributed by atoms with Gasteiger partial charge in [0, 0.05) is 28.3 Å². The number of rotatable bonds is 6. The van der Waals surface area contributed by atoms with Crippen LogP contribution in [-0.2, 0) is 4.79 Å². The van der Waals surface area contributed by atoms with E-state index in [4.69, 9.17) is 21.4 Å². The van der Waals surface area contributed by atoms with Gasteiger partial charge in [0.25, 0.3) is 0 Å². The molecule has 2 aliphatic rings. The number of ether oxygens (including phenoxy) is 1. The Morgan fingerprint density at radius 3 is 2.57 bits per heavy atom. The summed E-state index contributed by atoms with van der Waals surface area (Å²) in [6.45, 7) is 4.19. The zero-order chi connectivity index (χ0) is 24.7. The van der Waals surface area contributed by atoms with E-state index in [0.29, 0.717) is 33.9 Å². The lowest BCUT2D eigenvalue weighted by atomic mass is 9.73. The number of nitrogens with one attached hydrogen (secondary N) is 1. The highest BCUT2D eigenvalue weighted by Gasteiger charge is 2.41. The monoisotopic (exact) mass is 508 g/mol. The number of allylic oxidation sites excluding steroid dienone is 2. The number of aromatic nitrogens is 3. The molecule has 35 heavy (non-hydrogen) atoms. The zero-order valence-electron chi connectivity index (χ0n) is 19.7. The normalized spacial score (nSPS) is 18.5. The molecule has 0 saturated carbocycles. The number of hydrogen-bond acceptors (Lipinski definition) is 7. The zero-order valence-corrected chi connectivity index (χ0v) is 21.2. The van der Waals surface area contributed by atoms with Crippen LogP contribution >= 0.6 is 23.4 Å². The second-order valence-electron chi connectivity index (χ2n) is 9.52. The van der Waals surface area contributed by atoms with E-state index in [-0.39, 0.29) is 22.7 Å². The van der Waals surface area contributed by atoms with Crippen LogP contribution in [0.4, 0.5) is 5.95 Å². The standard InChI is InChI=1S/C26H25ClN4O3S/c1-26(2)12-19-22(20(32)13-26)23(16-4-8-17(27)9-5-16)31-24(28-19)29-25(30-31)35-14-21(33)15-6-10-18(34-3)11-7-15/h4-11,23H,12-14H2,1-3H3,(H,28,29,30)/t23-/m0/s1. The van der Waals surface area contributed by atoms with Crippen molar-refractivity contribution in [1.82, 2.24) is 14.8 Å². The van der Waals surface area contributed by atoms with Gasteiger partial charge in [-0.25, -0.2) is 4.68 Å². The predicted molar refractivity (Wildman–Crippen MR) is 136 cm³/mol. The molecule has 1 N–H and O–H groups in total. The van der Waals surface area contributed by atoms with Crippen molar-refractivity contribution in [2.75, 3.05) is 18.2 Å². The fraction of sp³-hybridized carbons (Fsp3) is 0.308. The Morgan fingerprint density at radius 2 is 1.89 bits per heavy atom. The summed E-state index contributed by atoms with van der Waals surface area (Å²) in [5, 5.41) is 9.16. The Bertz CT molecular complexity index is 1330. The molecular weight excluding hydrogens is 484 g/mol. The van der Waals surface area contributed by atoms with Crippen LogP contribution in [0.5, 0.6) is 5.75 Å². The summed E-state index contributed by atoms with van der Waals surface area (Å²) in [5.74, 6) is 1.54. The number of thioether (sulfide) groups is 1. The summed E-state index contributed by atoms with van der Waals surface area (Å²) in [7, 11) is 1.59. The third-order valence-electron chi connectivity index (χ3n) is 6.24. The molecule has 1 atom stereocenters. The van der Waals surface area contributed by atoms with Gasteiger partial charge in [0.15, 0.2) is 11.6 Å². The van der Waals surface area contributed by atoms with Crippen molar-refractivity contribution < 1.29 is 14.3 Å². The highest BCUT2D eigenvalue weighted by Crippen LogP contribution is 2.45. The van der Waals surface area contributed by atoms with Crippen LogP contribution in [0, 0.1) is 5.41 Å². The Morgan fingerprint density at radius 1 is 1.17 bits per heavy atom. The molecule has 3 aromatic rings. The number of hydrogen-bond donors (Lipinski definition) is 1. The van der Waals surface area contributed by atoms with Gasteiger partial charge in [-0.15, -0.1) is 5.10 Å². The van der Waals surface area contributed by atoms with Crippen molar-refractivity contribution >= 4 is 40.9 Å². The largest absolute Gasteiger partial charge is 0.497 e. The second-order valence-corrected chi connectivity index (χ2v) is 10.9. The van der Waals surface area contributed by atoms with E-state index in [1.54, 1.807) is 36.1 Å². The van der Waals surface area contributed by atoms with Gasteiger partial charge < -0.3 is 10.1 Å². The molecule has 5 rings (SSSR count). The van der Waals surface area contributed by atoms with Gasteiger partial charge in [-0.1, -0.05) is 49.3 Å². The van der Waals surface area contributed by atoms with Gasteiger partial charge in [-0.3, -0.25) is 9.59 Å². The minimum atomic E-state index is -0.402. The summed E-state index contributed by atoms with van der Waals surface area (Å²) >= 11 is 7.40. The molecule has 2 heterocycles. The van der Waals surface area contributed by atoms with E-state index in [9.17, 15) is 9.59 Å². The minimum absolute atomic E-state index is 0.0259. The molecule has 0 spiro atoms. The molecule has 0 unspecified atom stereocenters. The molecule has 0 bridgehead atoms. The van der Waals surface area contributed by atoms with Crippen molar-refractivity contribution in [3.8, 4) is 5.75 Å². The highest BCUT2D eigenvalue weighted by atomic mass is 35.5. The van der Waals surface area contributed by atoms with E-state index in [0.717, 1.165) is 23.3 Å². The molecule has 0 amide bonds. The molecule has 9 heteroatoms. The Balaban J connectivity index is 1.44. The van der Waals surface area contributed by atoms with Crippen LogP contribution in [0.3, 0.4) is 0 Å². The molecule has 0 radical (unpaired) electrons. The molecule has 1 aromatic heterocycles. The molecule has 1 aliphatic carbocycles. The summed E-state index contributed by atoms with van der Waals surface area (Å²) < 4.78 is 6.91. The molecule has 2 aromatic carbocycles. The fourth-order valence-electron chi connectivity index (χ4n) is 4.59. The van der Waals surface area contributed by atoms with Gasteiger partial charge in [-0.2, -0.15) is 4.98 Å². The van der Waals surface area contributed by atoms with Crippen LogP contribution in [0.2, 0.25) is 5.02 Å². The molecule has 7 nitrogen and oxygen atoms in total. The minimum Gasteiger partial charge on any atom is -0.497 e. The molecule has 0 saturated heterocycles. The summed E-state index contributed by atoms with van der Waals surface area (Å²) in [6.07, 6.45) is 1.21. The number of benzene rings is 2. The van der Waals surface area contributed by atoms with Crippen LogP contribution in [0.25, 0.3) is 0 Å². The maximum atomic E-state index is 13.3. The van der Waals surface area contributed by atoms with Crippen LogP contribution in [0.1, 0.15) is 48.7 Å². The second kappa shape index (κ2) is 9.17. The summed E-state index contributed by atoms with van der Waals surface area (Å²) in [5.41, 5.74) is 2.97. The summed E-state index contributed by atoms with van der Waals surface area (Å²) in [6, 6.07) is 14.1. The topological polar surface area (TPSA) is 86.1 Å². The number of carbonyl (C=O) groups is 2. The first-order chi connectivity index (χ1) is 16.7. The molecule has 0 fully saturated rings. The first kappa shape index (κ1) is 23.6. The van der Waals surface area contributed by atoms with Gasteiger partial charge in [0.05, 0.1) is 12.9 Å². The third kappa shape index (κ3) is 4.73. The first-order valence-corrected chi connectivity index (χ1v) is 12.7. The van der Waals surface area contributed by atoms with Crippen molar-refractivity contribution in [3.63, 3.8) is 0 Å². The maximum absolute atomic E-state index is 13.3. The van der Waals surface area contributed by atoms with E-state index in [1.165, 1.54) is 11.8 Å². The van der Waals surface area contributed by atoms with E-state index in [1.807, 2.05) is 24.3 Å². The van der Waals surface area contributed by atoms with Crippen LogP contribution in [-0.4, -0.2) is 39.2 Å². The van der Waals surface area contributed by atoms with Gasteiger partial charge in [0.1, 0.15) is 11.8 Å². The number of fused-ring (bicyclic) bond motifs is 1. The van der Waals surface area contributed by atoms with E-state index in [2.05, 4.69) is 24.1 Å². The number of Topliss-reactive ketones (excluding diaryl/α,β-unsaturated/α-hetero) is 2. The van der Waals surface area contributed by atoms with Crippen LogP contribution < -0.4 is 10.1 Å². The lowest BCUT2D eigenvalue weighted by molar-refractivity contribution is -0.118. The lowest BCUT2D eigenvalue weighted by Gasteiger charge is -2.38. The summed E-state index contributed by atoms with van der Waals surface area (Å²) in [4.78, 5) is 30.6. The molecular formula is C26H25ClN4O3S. The van der Waals surface area contributed by atoms with Gasteiger partial charge in [0.2, 0.25) is 11.1 Å². The number of anilines is 1. The number of nitrogens with zero attached hydrogens (tertiary/aromatic N) is 3. The van der Waals surface area contributed by atoms with Crippen molar-refractivity contribution in [1.29, 1.82) is 0 Å². The predicted octanol–water partition coefficient (Wildman–Crippen LogP) is 5.57. The van der Waals surface area contributed by atoms with Gasteiger partial charge >= 0.3 is 0 Å². The Labute approximate surface area is 212 Å². The molecule has 180 valence electrons. The number of carbonyl (C=O) groups excluding carboxylic acids is 2. The lowest BCUT2D eigenvalue weighted by Crippen LogP contribution is -2.36.